The molecule has 0 aliphatic heterocycles. The molecule has 0 saturated carbocycles. The fourth-order valence-corrected chi connectivity index (χ4v) is 3.50. The number of carbonyl (C=O) groups is 1. The van der Waals surface area contributed by atoms with Crippen molar-refractivity contribution in [3.63, 3.8) is 0 Å². The molecule has 1 unspecified atom stereocenters. The summed E-state index contributed by atoms with van der Waals surface area (Å²) < 4.78 is 43.6. The molecule has 0 aliphatic carbocycles. The lowest BCUT2D eigenvalue weighted by Crippen LogP contribution is -2.28. The Morgan fingerprint density at radius 2 is 1.83 bits per heavy atom. The van der Waals surface area contributed by atoms with Crippen molar-refractivity contribution in [1.29, 1.82) is 0 Å². The Labute approximate surface area is 180 Å². The van der Waals surface area contributed by atoms with Crippen molar-refractivity contribution in [2.75, 3.05) is 0 Å². The van der Waals surface area contributed by atoms with Gasteiger partial charge in [0.1, 0.15) is 17.4 Å². The molecule has 2 aromatic carbocycles. The van der Waals surface area contributed by atoms with Crippen molar-refractivity contribution >= 4 is 28.8 Å². The van der Waals surface area contributed by atoms with Crippen LogP contribution in [-0.4, -0.2) is 10.9 Å². The number of rotatable bonds is 7. The molecular weight excluding hydrogens is 437 g/mol. The predicted octanol–water partition coefficient (Wildman–Crippen LogP) is 5.81. The van der Waals surface area contributed by atoms with Crippen LogP contribution in [0.3, 0.4) is 0 Å². The third-order valence-corrected chi connectivity index (χ3v) is 5.36. The maximum Gasteiger partial charge on any atom is 0.416 e. The van der Waals surface area contributed by atoms with Gasteiger partial charge < -0.3 is 10.1 Å². The number of nitrogens with zero attached hydrogens (tertiary/aromatic N) is 1. The number of alkyl halides is 3. The van der Waals surface area contributed by atoms with E-state index in [1.165, 1.54) is 23.5 Å². The Morgan fingerprint density at radius 3 is 2.47 bits per heavy atom. The third-order valence-electron chi connectivity index (χ3n) is 4.23. The lowest BCUT2D eigenvalue weighted by molar-refractivity contribution is -0.137. The molecule has 0 spiro atoms. The predicted molar refractivity (Wildman–Crippen MR) is 110 cm³/mol. The molecule has 4 nitrogen and oxygen atoms in total. The second-order valence-electron chi connectivity index (χ2n) is 6.56. The van der Waals surface area contributed by atoms with Crippen LogP contribution >= 0.6 is 22.9 Å². The maximum absolute atomic E-state index is 12.7. The van der Waals surface area contributed by atoms with Crippen molar-refractivity contribution < 1.29 is 22.7 Å². The van der Waals surface area contributed by atoms with E-state index in [-0.39, 0.29) is 18.9 Å². The maximum atomic E-state index is 12.7. The normalized spacial score (nSPS) is 12.4. The van der Waals surface area contributed by atoms with E-state index in [1.807, 2.05) is 0 Å². The van der Waals surface area contributed by atoms with Gasteiger partial charge in [0.2, 0.25) is 5.91 Å². The highest BCUT2D eigenvalue weighted by molar-refractivity contribution is 7.09. The zero-order chi connectivity index (χ0) is 21.7. The summed E-state index contributed by atoms with van der Waals surface area (Å²) in [5.74, 6) is 0.400. The number of carbonyl (C=O) groups excluding carboxylic acids is 1. The number of aromatic nitrogens is 1. The molecule has 0 aliphatic rings. The summed E-state index contributed by atoms with van der Waals surface area (Å²) in [5, 5.41) is 5.90. The van der Waals surface area contributed by atoms with Gasteiger partial charge in [0.15, 0.2) is 0 Å². The number of thiazole rings is 1. The van der Waals surface area contributed by atoms with Gasteiger partial charge in [-0.1, -0.05) is 23.7 Å². The van der Waals surface area contributed by atoms with Crippen molar-refractivity contribution in [1.82, 2.24) is 10.3 Å². The van der Waals surface area contributed by atoms with Crippen LogP contribution in [0.2, 0.25) is 5.02 Å². The summed E-state index contributed by atoms with van der Waals surface area (Å²) in [7, 11) is 0. The first-order valence-electron chi connectivity index (χ1n) is 8.99. The van der Waals surface area contributed by atoms with Gasteiger partial charge in [-0.25, -0.2) is 4.98 Å². The van der Waals surface area contributed by atoms with Gasteiger partial charge in [0, 0.05) is 10.4 Å². The smallest absolute Gasteiger partial charge is 0.416 e. The molecule has 0 bridgehead atoms. The molecule has 30 heavy (non-hydrogen) atoms. The SMILES string of the molecule is CC(NC(=O)Cc1csc(COc2ccc(Cl)cc2)n1)c1ccc(C(F)(F)F)cc1. The summed E-state index contributed by atoms with van der Waals surface area (Å²) in [6.45, 7) is 1.99. The van der Waals surface area contributed by atoms with Gasteiger partial charge in [0.25, 0.3) is 0 Å². The van der Waals surface area contributed by atoms with Gasteiger partial charge in [0.05, 0.1) is 23.7 Å². The number of amides is 1. The number of nitrogens with one attached hydrogen (secondary N) is 1. The average molecular weight is 455 g/mol. The van der Waals surface area contributed by atoms with E-state index >= 15 is 0 Å². The van der Waals surface area contributed by atoms with Crippen molar-refractivity contribution in [2.24, 2.45) is 0 Å². The second kappa shape index (κ2) is 9.49. The van der Waals surface area contributed by atoms with Crippen LogP contribution in [0.4, 0.5) is 13.2 Å². The highest BCUT2D eigenvalue weighted by Gasteiger charge is 2.30. The summed E-state index contributed by atoms with van der Waals surface area (Å²) >= 11 is 7.22. The van der Waals surface area contributed by atoms with Crippen LogP contribution in [0.25, 0.3) is 0 Å². The summed E-state index contributed by atoms with van der Waals surface area (Å²) in [6.07, 6.45) is -4.31. The Morgan fingerprint density at radius 1 is 1.17 bits per heavy atom. The summed E-state index contributed by atoms with van der Waals surface area (Å²) in [4.78, 5) is 16.7. The molecule has 3 aromatic rings. The molecule has 1 atom stereocenters. The third kappa shape index (κ3) is 6.21. The highest BCUT2D eigenvalue weighted by atomic mass is 35.5. The van der Waals surface area contributed by atoms with Crippen LogP contribution in [0.5, 0.6) is 5.75 Å². The van der Waals surface area contributed by atoms with E-state index in [9.17, 15) is 18.0 Å². The number of halogens is 4. The molecule has 0 fully saturated rings. The fraction of sp³-hybridized carbons (Fsp3) is 0.238. The molecule has 0 radical (unpaired) electrons. The fourth-order valence-electron chi connectivity index (χ4n) is 2.67. The minimum absolute atomic E-state index is 0.0718. The van der Waals surface area contributed by atoms with Crippen LogP contribution in [0.15, 0.2) is 53.9 Å². The lowest BCUT2D eigenvalue weighted by Gasteiger charge is -2.15. The number of benzene rings is 2. The van der Waals surface area contributed by atoms with Crippen molar-refractivity contribution in [3.05, 3.63) is 80.8 Å². The highest BCUT2D eigenvalue weighted by Crippen LogP contribution is 2.30. The van der Waals surface area contributed by atoms with Crippen LogP contribution in [0, 0.1) is 0 Å². The van der Waals surface area contributed by atoms with Crippen LogP contribution < -0.4 is 10.1 Å². The van der Waals surface area contributed by atoms with Crippen molar-refractivity contribution in [3.8, 4) is 5.75 Å². The number of hydrogen-bond donors (Lipinski definition) is 1. The first-order chi connectivity index (χ1) is 14.2. The quantitative estimate of drug-likeness (QED) is 0.490. The molecule has 1 N–H and O–H groups in total. The zero-order valence-corrected chi connectivity index (χ0v) is 17.4. The molecule has 158 valence electrons. The largest absolute Gasteiger partial charge is 0.486 e. The minimum Gasteiger partial charge on any atom is -0.486 e. The number of ether oxygens (including phenoxy) is 1. The van der Waals surface area contributed by atoms with E-state index in [2.05, 4.69) is 10.3 Å². The van der Waals surface area contributed by atoms with E-state index in [4.69, 9.17) is 16.3 Å². The first-order valence-corrected chi connectivity index (χ1v) is 10.2. The van der Waals surface area contributed by atoms with Gasteiger partial charge >= 0.3 is 6.18 Å². The van der Waals surface area contributed by atoms with Gasteiger partial charge in [-0.05, 0) is 48.9 Å². The van der Waals surface area contributed by atoms with Gasteiger partial charge in [-0.2, -0.15) is 13.2 Å². The zero-order valence-electron chi connectivity index (χ0n) is 15.9. The molecule has 1 aromatic heterocycles. The van der Waals surface area contributed by atoms with E-state index in [0.717, 1.165) is 17.1 Å². The molecular formula is C21H18ClF3N2O2S. The van der Waals surface area contributed by atoms with E-state index in [1.54, 1.807) is 36.6 Å². The van der Waals surface area contributed by atoms with Crippen molar-refractivity contribution in [2.45, 2.75) is 32.2 Å². The summed E-state index contributed by atoms with van der Waals surface area (Å²) in [5.41, 5.74) is 0.471. The molecule has 3 rings (SSSR count). The average Bonchev–Trinajstić information content (AvgIpc) is 3.14. The van der Waals surface area contributed by atoms with E-state index < -0.39 is 17.8 Å². The van der Waals surface area contributed by atoms with E-state index in [0.29, 0.717) is 22.0 Å². The number of hydrogen-bond acceptors (Lipinski definition) is 4. The molecule has 1 heterocycles. The monoisotopic (exact) mass is 454 g/mol. The Kier molecular flexibility index (Phi) is 6.99. The topological polar surface area (TPSA) is 51.2 Å². The summed E-state index contributed by atoms with van der Waals surface area (Å²) in [6, 6.07) is 11.3. The molecule has 0 saturated heterocycles. The standard InChI is InChI=1S/C21H18ClF3N2O2S/c1-13(14-2-4-15(5-3-14)21(23,24)25)26-19(28)10-17-12-30-20(27-17)11-29-18-8-6-16(22)7-9-18/h2-9,12-13H,10-11H2,1H3,(H,26,28). The Hall–Kier alpha value is -2.58. The van der Waals surface area contributed by atoms with Gasteiger partial charge in [-0.15, -0.1) is 11.3 Å². The minimum atomic E-state index is -4.38. The molecule has 9 heteroatoms. The molecule has 1 amide bonds. The van der Waals surface area contributed by atoms with Crippen LogP contribution in [0.1, 0.15) is 34.8 Å². The van der Waals surface area contributed by atoms with Crippen LogP contribution in [-0.2, 0) is 24.0 Å². The van der Waals surface area contributed by atoms with Gasteiger partial charge in [-0.3, -0.25) is 4.79 Å². The first kappa shape index (κ1) is 22.1. The Balaban J connectivity index is 1.50. The second-order valence-corrected chi connectivity index (χ2v) is 7.94. The lowest BCUT2D eigenvalue weighted by atomic mass is 10.1. The Bertz CT molecular complexity index is 989.